The van der Waals surface area contributed by atoms with E-state index in [0.29, 0.717) is 6.61 Å². The summed E-state index contributed by atoms with van der Waals surface area (Å²) in [4.78, 5) is 10.6. The number of nitrogens with one attached hydrogen (secondary N) is 1. The first-order chi connectivity index (χ1) is 8.04. The van der Waals surface area contributed by atoms with Crippen LogP contribution in [0.4, 0.5) is 5.69 Å². The molecule has 1 aromatic rings. The van der Waals surface area contributed by atoms with E-state index in [1.54, 1.807) is 7.11 Å². The van der Waals surface area contributed by atoms with Gasteiger partial charge in [0.05, 0.1) is 13.0 Å². The zero-order valence-corrected chi connectivity index (χ0v) is 11.5. The van der Waals surface area contributed by atoms with Crippen molar-refractivity contribution >= 4 is 27.6 Å². The topological polar surface area (TPSA) is 58.6 Å². The van der Waals surface area contributed by atoms with Gasteiger partial charge >= 0.3 is 5.97 Å². The standard InChI is InChI=1S/C12H16BrNO3/c1-8(6-12(15)16)14-11-5-3-4-10(13)9(11)7-17-2/h3-5,8,14H,6-7H2,1-2H3,(H,15,16). The number of carboxylic acid groups (broad SMARTS) is 1. The summed E-state index contributed by atoms with van der Waals surface area (Å²) < 4.78 is 6.08. The first-order valence-electron chi connectivity index (χ1n) is 5.29. The van der Waals surface area contributed by atoms with Crippen LogP contribution in [0.2, 0.25) is 0 Å². The van der Waals surface area contributed by atoms with Gasteiger partial charge in [-0.25, -0.2) is 0 Å². The van der Waals surface area contributed by atoms with Crippen LogP contribution in [0.1, 0.15) is 18.9 Å². The molecule has 1 atom stereocenters. The lowest BCUT2D eigenvalue weighted by Crippen LogP contribution is -2.20. The van der Waals surface area contributed by atoms with E-state index < -0.39 is 5.97 Å². The van der Waals surface area contributed by atoms with Crippen LogP contribution in [0.25, 0.3) is 0 Å². The molecule has 0 fully saturated rings. The molecule has 0 saturated carbocycles. The Hall–Kier alpha value is -1.07. The van der Waals surface area contributed by atoms with E-state index in [0.717, 1.165) is 15.7 Å². The third-order valence-corrected chi connectivity index (χ3v) is 3.03. The lowest BCUT2D eigenvalue weighted by molar-refractivity contribution is -0.137. The highest BCUT2D eigenvalue weighted by Crippen LogP contribution is 2.26. The minimum absolute atomic E-state index is 0.0823. The van der Waals surface area contributed by atoms with Crippen molar-refractivity contribution in [3.05, 3.63) is 28.2 Å². The van der Waals surface area contributed by atoms with Gasteiger partial charge in [0, 0.05) is 28.9 Å². The molecule has 0 bridgehead atoms. The zero-order chi connectivity index (χ0) is 12.8. The molecule has 0 aliphatic carbocycles. The Morgan fingerprint density at radius 3 is 2.88 bits per heavy atom. The van der Waals surface area contributed by atoms with Crippen LogP contribution in [0.15, 0.2) is 22.7 Å². The van der Waals surface area contributed by atoms with Crippen LogP contribution < -0.4 is 5.32 Å². The number of methoxy groups -OCH3 is 1. The highest BCUT2D eigenvalue weighted by molar-refractivity contribution is 9.10. The maximum atomic E-state index is 10.6. The Morgan fingerprint density at radius 1 is 1.59 bits per heavy atom. The summed E-state index contributed by atoms with van der Waals surface area (Å²) in [5.41, 5.74) is 1.89. The van der Waals surface area contributed by atoms with Gasteiger partial charge < -0.3 is 15.2 Å². The van der Waals surface area contributed by atoms with Crippen molar-refractivity contribution in [3.8, 4) is 0 Å². The molecule has 94 valence electrons. The van der Waals surface area contributed by atoms with Gasteiger partial charge in [-0.15, -0.1) is 0 Å². The van der Waals surface area contributed by atoms with Crippen LogP contribution in [0, 0.1) is 0 Å². The van der Waals surface area contributed by atoms with Crippen molar-refractivity contribution in [1.29, 1.82) is 0 Å². The zero-order valence-electron chi connectivity index (χ0n) is 9.87. The molecule has 17 heavy (non-hydrogen) atoms. The molecule has 2 N–H and O–H groups in total. The van der Waals surface area contributed by atoms with Gasteiger partial charge in [0.25, 0.3) is 0 Å². The lowest BCUT2D eigenvalue weighted by Gasteiger charge is -2.17. The molecule has 4 nitrogen and oxygen atoms in total. The van der Waals surface area contributed by atoms with E-state index in [4.69, 9.17) is 9.84 Å². The van der Waals surface area contributed by atoms with Gasteiger partial charge in [-0.3, -0.25) is 4.79 Å². The quantitative estimate of drug-likeness (QED) is 0.848. The molecule has 1 rings (SSSR count). The van der Waals surface area contributed by atoms with E-state index in [-0.39, 0.29) is 12.5 Å². The molecule has 0 radical (unpaired) electrons. The molecule has 0 saturated heterocycles. The second-order valence-corrected chi connectivity index (χ2v) is 4.70. The number of rotatable bonds is 6. The number of halogens is 1. The van der Waals surface area contributed by atoms with Gasteiger partial charge in [0.15, 0.2) is 0 Å². The van der Waals surface area contributed by atoms with Crippen molar-refractivity contribution in [2.75, 3.05) is 12.4 Å². The number of ether oxygens (including phenoxy) is 1. The Labute approximate surface area is 109 Å². The maximum Gasteiger partial charge on any atom is 0.305 e. The molecule has 0 spiro atoms. The van der Waals surface area contributed by atoms with Gasteiger partial charge in [0.2, 0.25) is 0 Å². The first-order valence-corrected chi connectivity index (χ1v) is 6.08. The normalized spacial score (nSPS) is 12.2. The maximum absolute atomic E-state index is 10.6. The number of hydrogen-bond acceptors (Lipinski definition) is 3. The summed E-state index contributed by atoms with van der Waals surface area (Å²) in [7, 11) is 1.63. The van der Waals surface area contributed by atoms with Gasteiger partial charge in [-0.05, 0) is 19.1 Å². The first kappa shape index (κ1) is 14.0. The number of benzene rings is 1. The van der Waals surface area contributed by atoms with Crippen molar-refractivity contribution < 1.29 is 14.6 Å². The predicted octanol–water partition coefficient (Wildman–Crippen LogP) is 2.87. The average Bonchev–Trinajstić information content (AvgIpc) is 2.22. The molecular weight excluding hydrogens is 286 g/mol. The lowest BCUT2D eigenvalue weighted by atomic mass is 10.1. The van der Waals surface area contributed by atoms with Crippen LogP contribution >= 0.6 is 15.9 Å². The van der Waals surface area contributed by atoms with Crippen LogP contribution in [-0.2, 0) is 16.1 Å². The van der Waals surface area contributed by atoms with Crippen molar-refractivity contribution in [2.24, 2.45) is 0 Å². The highest BCUT2D eigenvalue weighted by Gasteiger charge is 2.11. The fraction of sp³-hybridized carbons (Fsp3) is 0.417. The summed E-state index contributed by atoms with van der Waals surface area (Å²) in [5.74, 6) is -0.812. The number of aliphatic carboxylic acids is 1. The van der Waals surface area contributed by atoms with Crippen molar-refractivity contribution in [3.63, 3.8) is 0 Å². The molecule has 5 heteroatoms. The molecular formula is C12H16BrNO3. The summed E-state index contributed by atoms with van der Waals surface area (Å²) >= 11 is 3.45. The van der Waals surface area contributed by atoms with E-state index in [9.17, 15) is 4.79 Å². The number of carboxylic acids is 1. The fourth-order valence-electron chi connectivity index (χ4n) is 1.56. The van der Waals surface area contributed by atoms with Crippen LogP contribution in [0.5, 0.6) is 0 Å². The third kappa shape index (κ3) is 4.36. The van der Waals surface area contributed by atoms with Crippen molar-refractivity contribution in [1.82, 2.24) is 0 Å². The molecule has 0 aliphatic rings. The molecule has 0 heterocycles. The molecule has 0 amide bonds. The van der Waals surface area contributed by atoms with E-state index in [2.05, 4.69) is 21.2 Å². The summed E-state index contributed by atoms with van der Waals surface area (Å²) in [6.07, 6.45) is 0.0823. The highest BCUT2D eigenvalue weighted by atomic mass is 79.9. The Kier molecular flexibility index (Phi) is 5.44. The molecule has 0 aromatic heterocycles. The average molecular weight is 302 g/mol. The van der Waals surface area contributed by atoms with Gasteiger partial charge in [0.1, 0.15) is 0 Å². The SMILES string of the molecule is COCc1c(Br)cccc1NC(C)CC(=O)O. The predicted molar refractivity (Wildman–Crippen MR) is 70.2 cm³/mol. The second-order valence-electron chi connectivity index (χ2n) is 3.84. The Bertz CT molecular complexity index is 395. The molecule has 1 unspecified atom stereocenters. The van der Waals surface area contributed by atoms with Crippen LogP contribution in [0.3, 0.4) is 0 Å². The minimum Gasteiger partial charge on any atom is -0.481 e. The number of hydrogen-bond donors (Lipinski definition) is 2. The van der Waals surface area contributed by atoms with Gasteiger partial charge in [-0.1, -0.05) is 22.0 Å². The smallest absolute Gasteiger partial charge is 0.305 e. The number of anilines is 1. The summed E-state index contributed by atoms with van der Waals surface area (Å²) in [6.45, 7) is 2.31. The largest absolute Gasteiger partial charge is 0.481 e. The summed E-state index contributed by atoms with van der Waals surface area (Å²) in [6, 6.07) is 5.62. The Morgan fingerprint density at radius 2 is 2.29 bits per heavy atom. The molecule has 1 aromatic carbocycles. The fourth-order valence-corrected chi connectivity index (χ4v) is 2.04. The monoisotopic (exact) mass is 301 g/mol. The molecule has 0 aliphatic heterocycles. The Balaban J connectivity index is 2.82. The van der Waals surface area contributed by atoms with Crippen LogP contribution in [-0.4, -0.2) is 24.2 Å². The third-order valence-electron chi connectivity index (χ3n) is 2.29. The van der Waals surface area contributed by atoms with Gasteiger partial charge in [-0.2, -0.15) is 0 Å². The second kappa shape index (κ2) is 6.61. The van der Waals surface area contributed by atoms with E-state index >= 15 is 0 Å². The van der Waals surface area contributed by atoms with E-state index in [1.807, 2.05) is 25.1 Å². The minimum atomic E-state index is -0.812. The summed E-state index contributed by atoms with van der Waals surface area (Å²) in [5, 5.41) is 11.9. The number of carbonyl (C=O) groups is 1. The van der Waals surface area contributed by atoms with E-state index in [1.165, 1.54) is 0 Å². The van der Waals surface area contributed by atoms with Crippen molar-refractivity contribution in [2.45, 2.75) is 26.0 Å².